The Hall–Kier alpha value is -1.61. The number of hydrogen-bond donors (Lipinski definition) is 3. The number of nitrogens with zero attached hydrogens (tertiary/aromatic N) is 3. The van der Waals surface area contributed by atoms with Gasteiger partial charge in [-0.1, -0.05) is 11.6 Å². The van der Waals surface area contributed by atoms with Gasteiger partial charge in [-0.25, -0.2) is 4.98 Å². The van der Waals surface area contributed by atoms with E-state index in [0.717, 1.165) is 15.5 Å². The first kappa shape index (κ1) is 16.3. The van der Waals surface area contributed by atoms with Crippen LogP contribution in [-0.4, -0.2) is 34.0 Å². The summed E-state index contributed by atoms with van der Waals surface area (Å²) in [5.41, 5.74) is 0.936. The van der Waals surface area contributed by atoms with E-state index in [-0.39, 0.29) is 0 Å². The molecule has 0 aromatic carbocycles. The minimum absolute atomic E-state index is 0.356. The predicted octanol–water partition coefficient (Wildman–Crippen LogP) is 2.51. The molecule has 0 bridgehead atoms. The van der Waals surface area contributed by atoms with Crippen LogP contribution in [0.5, 0.6) is 0 Å². The molecule has 1 atom stereocenters. The minimum atomic E-state index is -0.621. The Morgan fingerprint density at radius 2 is 2.35 bits per heavy atom. The van der Waals surface area contributed by atoms with Crippen LogP contribution in [0.1, 0.15) is 16.7 Å². The second-order valence-electron chi connectivity index (χ2n) is 4.79. The Morgan fingerprint density at radius 3 is 3.04 bits per heavy atom. The van der Waals surface area contributed by atoms with E-state index in [9.17, 15) is 5.11 Å². The van der Waals surface area contributed by atoms with E-state index in [1.807, 2.05) is 28.2 Å². The molecular formula is C14H16ClN5OS2. The van der Waals surface area contributed by atoms with Crippen molar-refractivity contribution in [2.24, 2.45) is 4.99 Å². The number of hydrogen-bond acceptors (Lipinski definition) is 5. The average Bonchev–Trinajstić information content (AvgIpc) is 3.22. The summed E-state index contributed by atoms with van der Waals surface area (Å²) < 4.78 is 2.66. The van der Waals surface area contributed by atoms with Crippen molar-refractivity contribution in [2.45, 2.75) is 12.6 Å². The van der Waals surface area contributed by atoms with E-state index in [4.69, 9.17) is 11.6 Å². The van der Waals surface area contributed by atoms with Gasteiger partial charge < -0.3 is 15.7 Å². The van der Waals surface area contributed by atoms with Gasteiger partial charge in [0.15, 0.2) is 10.9 Å². The number of aliphatic imine (C=N–C) groups is 1. The number of imidazole rings is 1. The Balaban J connectivity index is 1.51. The smallest absolute Gasteiger partial charge is 0.193 e. The van der Waals surface area contributed by atoms with Crippen LogP contribution in [-0.2, 0) is 6.54 Å². The number of halogens is 1. The average molecular weight is 370 g/mol. The fourth-order valence-corrected chi connectivity index (χ4v) is 3.82. The summed E-state index contributed by atoms with van der Waals surface area (Å²) in [6, 6.07) is 3.61. The highest BCUT2D eigenvalue weighted by atomic mass is 35.5. The van der Waals surface area contributed by atoms with Crippen molar-refractivity contribution >= 4 is 45.2 Å². The molecule has 3 aromatic heterocycles. The molecule has 3 aromatic rings. The Morgan fingerprint density at radius 1 is 1.48 bits per heavy atom. The summed E-state index contributed by atoms with van der Waals surface area (Å²) in [5, 5.41) is 18.4. The number of aromatic nitrogens is 2. The lowest BCUT2D eigenvalue weighted by molar-refractivity contribution is 0.184. The van der Waals surface area contributed by atoms with E-state index >= 15 is 0 Å². The van der Waals surface area contributed by atoms with Crippen LogP contribution in [0.4, 0.5) is 0 Å². The van der Waals surface area contributed by atoms with Gasteiger partial charge in [0.25, 0.3) is 0 Å². The van der Waals surface area contributed by atoms with E-state index in [0.29, 0.717) is 23.4 Å². The lowest BCUT2D eigenvalue weighted by Gasteiger charge is -2.14. The summed E-state index contributed by atoms with van der Waals surface area (Å²) in [5.74, 6) is 0.614. The third-order valence-corrected chi connectivity index (χ3v) is 5.29. The topological polar surface area (TPSA) is 74.0 Å². The van der Waals surface area contributed by atoms with Gasteiger partial charge in [0.05, 0.1) is 16.6 Å². The second kappa shape index (κ2) is 7.31. The number of aliphatic hydroxyl groups is 1. The van der Waals surface area contributed by atoms with E-state index < -0.39 is 6.10 Å². The standard InChI is InChI=1S/C14H16ClN5OS2/c1-16-13(18-7-10(21)11-2-3-12(15)23-11)17-6-9-8-20-4-5-22-14(20)19-9/h2-5,8,10,21H,6-7H2,1H3,(H2,16,17,18). The number of thiophene rings is 1. The van der Waals surface area contributed by atoms with Crippen molar-refractivity contribution in [3.05, 3.63) is 44.8 Å². The number of rotatable bonds is 5. The van der Waals surface area contributed by atoms with Crippen molar-refractivity contribution < 1.29 is 5.11 Å². The summed E-state index contributed by atoms with van der Waals surface area (Å²) in [6.45, 7) is 0.920. The van der Waals surface area contributed by atoms with Crippen LogP contribution in [0.2, 0.25) is 4.34 Å². The summed E-state index contributed by atoms with van der Waals surface area (Å²) in [7, 11) is 1.69. The lowest BCUT2D eigenvalue weighted by Crippen LogP contribution is -2.38. The monoisotopic (exact) mass is 369 g/mol. The van der Waals surface area contributed by atoms with Crippen LogP contribution in [0.3, 0.4) is 0 Å². The van der Waals surface area contributed by atoms with Gasteiger partial charge in [-0.3, -0.25) is 9.39 Å². The Kier molecular flexibility index (Phi) is 5.16. The molecule has 0 saturated carbocycles. The fourth-order valence-electron chi connectivity index (χ4n) is 2.06. The van der Waals surface area contributed by atoms with E-state index in [1.165, 1.54) is 11.3 Å². The second-order valence-corrected chi connectivity index (χ2v) is 7.41. The molecule has 3 N–H and O–H groups in total. The first-order valence-corrected chi connectivity index (χ1v) is 9.02. The molecule has 23 heavy (non-hydrogen) atoms. The number of aliphatic hydroxyl groups excluding tert-OH is 1. The van der Waals surface area contributed by atoms with Crippen LogP contribution in [0.15, 0.2) is 34.9 Å². The molecule has 0 fully saturated rings. The number of fused-ring (bicyclic) bond motifs is 1. The van der Waals surface area contributed by atoms with Gasteiger partial charge in [-0.2, -0.15) is 0 Å². The number of nitrogens with one attached hydrogen (secondary N) is 2. The number of thiazole rings is 1. The van der Waals surface area contributed by atoms with Gasteiger partial charge in [0.2, 0.25) is 0 Å². The van der Waals surface area contributed by atoms with Gasteiger partial charge in [-0.15, -0.1) is 22.7 Å². The van der Waals surface area contributed by atoms with E-state index in [2.05, 4.69) is 20.6 Å². The maximum Gasteiger partial charge on any atom is 0.193 e. The molecule has 0 aliphatic carbocycles. The first-order chi connectivity index (χ1) is 11.2. The fraction of sp³-hybridized carbons (Fsp3) is 0.286. The molecule has 9 heteroatoms. The Bertz CT molecular complexity index is 780. The maximum atomic E-state index is 10.1. The Labute approximate surface area is 146 Å². The van der Waals surface area contributed by atoms with Crippen molar-refractivity contribution in [3.63, 3.8) is 0 Å². The quantitative estimate of drug-likeness (QED) is 0.477. The predicted molar refractivity (Wildman–Crippen MR) is 95.6 cm³/mol. The van der Waals surface area contributed by atoms with Crippen LogP contribution >= 0.6 is 34.3 Å². The van der Waals surface area contributed by atoms with Crippen molar-refractivity contribution in [2.75, 3.05) is 13.6 Å². The highest BCUT2D eigenvalue weighted by Gasteiger charge is 2.11. The molecule has 0 amide bonds. The van der Waals surface area contributed by atoms with Crippen LogP contribution in [0.25, 0.3) is 4.96 Å². The van der Waals surface area contributed by atoms with Crippen molar-refractivity contribution in [1.29, 1.82) is 0 Å². The minimum Gasteiger partial charge on any atom is -0.386 e. The van der Waals surface area contributed by atoms with Crippen molar-refractivity contribution in [3.8, 4) is 0 Å². The highest BCUT2D eigenvalue weighted by molar-refractivity contribution is 7.16. The largest absolute Gasteiger partial charge is 0.386 e. The molecule has 0 radical (unpaired) electrons. The molecule has 0 saturated heterocycles. The summed E-state index contributed by atoms with van der Waals surface area (Å²) >= 11 is 8.85. The molecular weight excluding hydrogens is 354 g/mol. The van der Waals surface area contributed by atoms with Crippen molar-refractivity contribution in [1.82, 2.24) is 20.0 Å². The molecule has 1 unspecified atom stereocenters. The van der Waals surface area contributed by atoms with E-state index in [1.54, 1.807) is 24.5 Å². The summed E-state index contributed by atoms with van der Waals surface area (Å²) in [6.07, 6.45) is 3.34. The highest BCUT2D eigenvalue weighted by Crippen LogP contribution is 2.26. The SMILES string of the molecule is CN=C(NCc1cn2ccsc2n1)NCC(O)c1ccc(Cl)s1. The molecule has 0 aliphatic heterocycles. The molecule has 0 spiro atoms. The zero-order chi connectivity index (χ0) is 16.2. The zero-order valence-corrected chi connectivity index (χ0v) is 14.8. The van der Waals surface area contributed by atoms with Gasteiger partial charge in [0.1, 0.15) is 6.10 Å². The molecule has 6 nitrogen and oxygen atoms in total. The van der Waals surface area contributed by atoms with Gasteiger partial charge >= 0.3 is 0 Å². The summed E-state index contributed by atoms with van der Waals surface area (Å²) in [4.78, 5) is 10.4. The maximum absolute atomic E-state index is 10.1. The molecule has 3 rings (SSSR count). The van der Waals surface area contributed by atoms with Gasteiger partial charge in [0, 0.05) is 36.2 Å². The van der Waals surface area contributed by atoms with Gasteiger partial charge in [-0.05, 0) is 12.1 Å². The molecule has 0 aliphatic rings. The zero-order valence-electron chi connectivity index (χ0n) is 12.4. The van der Waals surface area contributed by atoms with Crippen LogP contribution < -0.4 is 10.6 Å². The van der Waals surface area contributed by atoms with Crippen LogP contribution in [0, 0.1) is 0 Å². The first-order valence-electron chi connectivity index (χ1n) is 6.94. The normalized spacial score (nSPS) is 13.4. The number of guanidine groups is 1. The molecule has 122 valence electrons. The molecule has 3 heterocycles. The lowest BCUT2D eigenvalue weighted by atomic mass is 10.3. The third-order valence-electron chi connectivity index (χ3n) is 3.19. The third kappa shape index (κ3) is 4.03.